The Hall–Kier alpha value is -1.83. The third-order valence-corrected chi connectivity index (χ3v) is 9.37. The maximum Gasteiger partial charge on any atom is 0.308 e. The number of carbonyl (C=O) groups is 1. The van der Waals surface area contributed by atoms with E-state index in [4.69, 9.17) is 0 Å². The van der Waals surface area contributed by atoms with Crippen LogP contribution in [-0.2, 0) is 14.8 Å². The molecule has 174 valence electrons. The van der Waals surface area contributed by atoms with Gasteiger partial charge >= 0.3 is 5.97 Å². The third kappa shape index (κ3) is 5.74. The maximum absolute atomic E-state index is 13.7. The predicted molar refractivity (Wildman–Crippen MR) is 130 cm³/mol. The van der Waals surface area contributed by atoms with Gasteiger partial charge in [0.15, 0.2) is 0 Å². The SMILES string of the molecule is Cc1ccc([C@@H]2C[C@@H](SCCC(C)C)[C@H](C(=O)O)CN2S(=O)(=O)c2ccc(C)cc2)cc1. The molecule has 7 heteroatoms. The van der Waals surface area contributed by atoms with Crippen LogP contribution < -0.4 is 0 Å². The second-order valence-electron chi connectivity index (χ2n) is 9.09. The quantitative estimate of drug-likeness (QED) is 0.562. The molecule has 1 fully saturated rings. The minimum absolute atomic E-state index is 0.0244. The lowest BCUT2D eigenvalue weighted by molar-refractivity contribution is -0.143. The van der Waals surface area contributed by atoms with E-state index >= 15 is 0 Å². The molecule has 1 N–H and O–H groups in total. The molecule has 32 heavy (non-hydrogen) atoms. The largest absolute Gasteiger partial charge is 0.481 e. The number of carboxylic acids is 1. The van der Waals surface area contributed by atoms with Crippen LogP contribution in [0.4, 0.5) is 0 Å². The molecule has 1 saturated heterocycles. The zero-order valence-electron chi connectivity index (χ0n) is 19.2. The van der Waals surface area contributed by atoms with Crippen LogP contribution in [0.2, 0.25) is 0 Å². The maximum atomic E-state index is 13.7. The molecule has 1 aliphatic heterocycles. The van der Waals surface area contributed by atoms with Gasteiger partial charge in [-0.25, -0.2) is 8.42 Å². The number of sulfonamides is 1. The monoisotopic (exact) mass is 475 g/mol. The summed E-state index contributed by atoms with van der Waals surface area (Å²) in [7, 11) is -3.85. The molecule has 0 saturated carbocycles. The van der Waals surface area contributed by atoms with Crippen LogP contribution in [0, 0.1) is 25.7 Å². The number of piperidine rings is 1. The van der Waals surface area contributed by atoms with Gasteiger partial charge in [0.2, 0.25) is 10.0 Å². The number of carboxylic acid groups (broad SMARTS) is 1. The summed E-state index contributed by atoms with van der Waals surface area (Å²) in [6.07, 6.45) is 1.49. The van der Waals surface area contributed by atoms with Gasteiger partial charge in [0.25, 0.3) is 0 Å². The average Bonchev–Trinajstić information content (AvgIpc) is 2.73. The van der Waals surface area contributed by atoms with Crippen molar-refractivity contribution in [2.24, 2.45) is 11.8 Å². The highest BCUT2D eigenvalue weighted by Gasteiger charge is 2.45. The van der Waals surface area contributed by atoms with Crippen LogP contribution in [0.3, 0.4) is 0 Å². The smallest absolute Gasteiger partial charge is 0.308 e. The number of thioether (sulfide) groups is 1. The number of aryl methyl sites for hydroxylation is 2. The molecule has 0 bridgehead atoms. The van der Waals surface area contributed by atoms with Gasteiger partial charge in [0.1, 0.15) is 0 Å². The lowest BCUT2D eigenvalue weighted by atomic mass is 9.90. The molecule has 3 atom stereocenters. The van der Waals surface area contributed by atoms with E-state index in [1.54, 1.807) is 36.0 Å². The molecule has 0 spiro atoms. The first kappa shape index (κ1) is 24.8. The van der Waals surface area contributed by atoms with Gasteiger partial charge < -0.3 is 5.11 Å². The van der Waals surface area contributed by atoms with Crippen molar-refractivity contribution in [1.29, 1.82) is 0 Å². The summed E-state index contributed by atoms with van der Waals surface area (Å²) < 4.78 is 28.7. The summed E-state index contributed by atoms with van der Waals surface area (Å²) in [5.74, 6) is -0.259. The van der Waals surface area contributed by atoms with Gasteiger partial charge in [-0.3, -0.25) is 4.79 Å². The van der Waals surface area contributed by atoms with Crippen LogP contribution in [0.1, 0.15) is 49.4 Å². The van der Waals surface area contributed by atoms with Crippen LogP contribution in [0.5, 0.6) is 0 Å². The summed E-state index contributed by atoms with van der Waals surface area (Å²) in [6.45, 7) is 8.19. The Labute approximate surface area is 196 Å². The Morgan fingerprint density at radius 3 is 2.16 bits per heavy atom. The molecule has 2 aromatic rings. The summed E-state index contributed by atoms with van der Waals surface area (Å²) >= 11 is 1.67. The molecule has 1 aliphatic rings. The van der Waals surface area contributed by atoms with Crippen molar-refractivity contribution in [2.45, 2.75) is 56.7 Å². The predicted octanol–water partition coefficient (Wildman–Crippen LogP) is 5.29. The molecule has 0 aliphatic carbocycles. The Morgan fingerprint density at radius 1 is 1.06 bits per heavy atom. The highest BCUT2D eigenvalue weighted by molar-refractivity contribution is 7.99. The van der Waals surface area contributed by atoms with Crippen molar-refractivity contribution >= 4 is 27.8 Å². The average molecular weight is 476 g/mol. The van der Waals surface area contributed by atoms with Crippen molar-refractivity contribution in [3.8, 4) is 0 Å². The molecule has 5 nitrogen and oxygen atoms in total. The number of hydrogen-bond acceptors (Lipinski definition) is 4. The van der Waals surface area contributed by atoms with E-state index in [9.17, 15) is 18.3 Å². The number of hydrogen-bond donors (Lipinski definition) is 1. The fourth-order valence-electron chi connectivity index (χ4n) is 4.02. The van der Waals surface area contributed by atoms with Gasteiger partial charge in [0, 0.05) is 11.8 Å². The van der Waals surface area contributed by atoms with E-state index in [1.807, 2.05) is 38.1 Å². The third-order valence-electron chi connectivity index (χ3n) is 6.06. The topological polar surface area (TPSA) is 74.7 Å². The molecule has 0 radical (unpaired) electrons. The molecule has 0 amide bonds. The van der Waals surface area contributed by atoms with Crippen molar-refractivity contribution in [3.63, 3.8) is 0 Å². The van der Waals surface area contributed by atoms with E-state index in [1.165, 1.54) is 4.31 Å². The number of nitrogens with zero attached hydrogens (tertiary/aromatic N) is 1. The van der Waals surface area contributed by atoms with E-state index in [0.717, 1.165) is 28.9 Å². The lowest BCUT2D eigenvalue weighted by Crippen LogP contribution is -2.49. The molecule has 0 aromatic heterocycles. The molecular weight excluding hydrogens is 442 g/mol. The number of rotatable bonds is 8. The minimum Gasteiger partial charge on any atom is -0.481 e. The Bertz CT molecular complexity index is 1020. The first-order valence-corrected chi connectivity index (χ1v) is 13.6. The molecule has 3 rings (SSSR count). The second-order valence-corrected chi connectivity index (χ2v) is 12.3. The molecule has 2 aromatic carbocycles. The Kier molecular flexibility index (Phi) is 8.06. The van der Waals surface area contributed by atoms with Crippen molar-refractivity contribution in [3.05, 3.63) is 65.2 Å². The Morgan fingerprint density at radius 2 is 1.62 bits per heavy atom. The highest BCUT2D eigenvalue weighted by atomic mass is 32.2. The lowest BCUT2D eigenvalue weighted by Gasteiger charge is -2.42. The van der Waals surface area contributed by atoms with Crippen LogP contribution in [0.15, 0.2) is 53.4 Å². The summed E-state index contributed by atoms with van der Waals surface area (Å²) in [4.78, 5) is 12.4. The first-order valence-electron chi connectivity index (χ1n) is 11.1. The van der Waals surface area contributed by atoms with Crippen molar-refractivity contribution in [1.82, 2.24) is 4.31 Å². The zero-order chi connectivity index (χ0) is 23.5. The fourth-order valence-corrected chi connectivity index (χ4v) is 7.33. The summed E-state index contributed by atoms with van der Waals surface area (Å²) in [5, 5.41) is 9.83. The molecule has 0 unspecified atom stereocenters. The Balaban J connectivity index is 1.99. The van der Waals surface area contributed by atoms with Gasteiger partial charge in [-0.05, 0) is 56.1 Å². The standard InChI is InChI=1S/C25H33NO4S2/c1-17(2)13-14-31-24-15-23(20-9-5-18(3)6-10-20)26(16-22(24)25(27)28)32(29,30)21-11-7-19(4)8-12-21/h5-12,17,22-24H,13-16H2,1-4H3,(H,27,28)/t22-,23+,24-/m1/s1. The fraction of sp³-hybridized carbons (Fsp3) is 0.480. The van der Waals surface area contributed by atoms with E-state index < -0.39 is 28.0 Å². The normalized spacial score (nSPS) is 22.2. The zero-order valence-corrected chi connectivity index (χ0v) is 20.8. The summed E-state index contributed by atoms with van der Waals surface area (Å²) in [6, 6.07) is 14.3. The van der Waals surface area contributed by atoms with Crippen LogP contribution in [-0.4, -0.2) is 41.3 Å². The number of aliphatic carboxylic acids is 1. The molecular formula is C25H33NO4S2. The van der Waals surface area contributed by atoms with E-state index in [-0.39, 0.29) is 16.7 Å². The van der Waals surface area contributed by atoms with Gasteiger partial charge in [0.05, 0.1) is 16.9 Å². The van der Waals surface area contributed by atoms with Crippen LogP contribution in [0.25, 0.3) is 0 Å². The minimum atomic E-state index is -3.85. The summed E-state index contributed by atoms with van der Waals surface area (Å²) in [5.41, 5.74) is 2.98. The van der Waals surface area contributed by atoms with Crippen LogP contribution >= 0.6 is 11.8 Å². The van der Waals surface area contributed by atoms with Gasteiger partial charge in [-0.15, -0.1) is 0 Å². The van der Waals surface area contributed by atoms with Gasteiger partial charge in [-0.2, -0.15) is 16.1 Å². The van der Waals surface area contributed by atoms with E-state index in [2.05, 4.69) is 13.8 Å². The first-order chi connectivity index (χ1) is 15.1. The van der Waals surface area contributed by atoms with Crippen molar-refractivity contribution in [2.75, 3.05) is 12.3 Å². The highest BCUT2D eigenvalue weighted by Crippen LogP contribution is 2.42. The van der Waals surface area contributed by atoms with E-state index in [0.29, 0.717) is 12.3 Å². The second kappa shape index (κ2) is 10.4. The van der Waals surface area contributed by atoms with Gasteiger partial charge in [-0.1, -0.05) is 61.4 Å². The number of benzene rings is 2. The molecule has 1 heterocycles. The van der Waals surface area contributed by atoms with Crippen molar-refractivity contribution < 1.29 is 18.3 Å².